The fourth-order valence-electron chi connectivity index (χ4n) is 1.12. The first kappa shape index (κ1) is 10.0. The number of aromatic nitrogens is 2. The zero-order chi connectivity index (χ0) is 9.14. The van der Waals surface area contributed by atoms with E-state index in [-0.39, 0.29) is 9.52 Å². The molecule has 1 heterocycles. The molecule has 0 radical (unpaired) electrons. The van der Waals surface area contributed by atoms with E-state index >= 15 is 0 Å². The van der Waals surface area contributed by atoms with Gasteiger partial charge in [-0.15, -0.1) is 5.10 Å². The molecule has 0 amide bonds. The van der Waals surface area contributed by atoms with Crippen LogP contribution >= 0.6 is 22.6 Å². The molecule has 66 valence electrons. The molecule has 0 saturated heterocycles. The normalized spacial score (nSPS) is 11.3. The minimum Gasteiger partial charge on any atom is -0.246 e. The smallest absolute Gasteiger partial charge is 0.122 e. The molecule has 0 aliphatic heterocycles. The molecule has 0 bridgehead atoms. The van der Waals surface area contributed by atoms with E-state index in [4.69, 9.17) is 0 Å². The van der Waals surface area contributed by atoms with Gasteiger partial charge in [-0.3, -0.25) is 0 Å². The second-order valence-corrected chi connectivity index (χ2v) is 4.96. The molecule has 0 aliphatic rings. The Labute approximate surface area is 86.9 Å². The fraction of sp³-hybridized carbons (Fsp3) is 0.429. The van der Waals surface area contributed by atoms with E-state index in [0.717, 1.165) is 20.1 Å². The van der Waals surface area contributed by atoms with Crippen LogP contribution in [0.25, 0.3) is 0 Å². The van der Waals surface area contributed by atoms with Gasteiger partial charge < -0.3 is 0 Å². The van der Waals surface area contributed by atoms with Crippen molar-refractivity contribution in [2.75, 3.05) is 0 Å². The summed E-state index contributed by atoms with van der Waals surface area (Å²) < 4.78 is 13.4. The molecule has 12 heavy (non-hydrogen) atoms. The maximum Gasteiger partial charge on any atom is 0.122 e. The molecule has 1 aromatic heterocycles. The van der Waals surface area contributed by atoms with E-state index in [9.17, 15) is 4.39 Å². The highest BCUT2D eigenvalue weighted by molar-refractivity contribution is 14.1. The third-order valence-corrected chi connectivity index (χ3v) is 4.88. The summed E-state index contributed by atoms with van der Waals surface area (Å²) in [7, 11) is -0.349. The van der Waals surface area contributed by atoms with Crippen LogP contribution in [-0.4, -0.2) is 19.7 Å². The fourth-order valence-corrected chi connectivity index (χ4v) is 3.84. The van der Waals surface area contributed by atoms with Gasteiger partial charge in [-0.25, -0.2) is 4.39 Å². The predicted octanol–water partition coefficient (Wildman–Crippen LogP) is 0.701. The zero-order valence-corrected chi connectivity index (χ0v) is 10.6. The summed E-state index contributed by atoms with van der Waals surface area (Å²) in [5.74, 6) is 0. The van der Waals surface area contributed by atoms with Crippen LogP contribution in [0, 0.1) is 10.6 Å². The van der Waals surface area contributed by atoms with Crippen molar-refractivity contribution in [3.8, 4) is 0 Å². The van der Waals surface area contributed by atoms with E-state index in [0.29, 0.717) is 0 Å². The van der Waals surface area contributed by atoms with E-state index in [1.807, 2.05) is 6.92 Å². The van der Waals surface area contributed by atoms with Crippen LogP contribution in [0.3, 0.4) is 0 Å². The highest BCUT2D eigenvalue weighted by Crippen LogP contribution is 2.06. The topological polar surface area (TPSA) is 25.8 Å². The molecule has 0 spiro atoms. The minimum absolute atomic E-state index is 0.349. The van der Waals surface area contributed by atoms with Gasteiger partial charge in [-0.05, 0) is 34.7 Å². The molecule has 0 aromatic carbocycles. The summed E-state index contributed by atoms with van der Waals surface area (Å²) in [6.45, 7) is 3.54. The number of alkyl halides is 1. The Morgan fingerprint density at radius 1 is 1.50 bits per heavy atom. The molecule has 0 atom stereocenters. The number of halogens is 2. The molecule has 0 aliphatic carbocycles. The lowest BCUT2D eigenvalue weighted by molar-refractivity contribution is 0.483. The van der Waals surface area contributed by atoms with Gasteiger partial charge in [0.25, 0.3) is 0 Å². The molecule has 0 saturated carbocycles. The highest BCUT2D eigenvalue weighted by Gasteiger charge is 2.09. The van der Waals surface area contributed by atoms with Gasteiger partial charge in [0, 0.05) is 5.56 Å². The van der Waals surface area contributed by atoms with E-state index in [1.165, 1.54) is 0 Å². The Morgan fingerprint density at radius 3 is 2.58 bits per heavy atom. The van der Waals surface area contributed by atoms with Crippen molar-refractivity contribution in [1.29, 1.82) is 0 Å². The van der Waals surface area contributed by atoms with E-state index in [1.54, 1.807) is 0 Å². The third kappa shape index (κ3) is 1.82. The standard InChI is InChI=1S/C7H10FIN2Si/c1-4-5(3-8)6(12-2)7(9)11-10-4/h3,12H2,1-2H3. The predicted molar refractivity (Wildman–Crippen MR) is 58.3 cm³/mol. The second kappa shape index (κ2) is 4.27. The Bertz CT molecular complexity index is 264. The first-order valence-corrected chi connectivity index (χ1v) is 6.97. The zero-order valence-electron chi connectivity index (χ0n) is 7.06. The summed E-state index contributed by atoms with van der Waals surface area (Å²) >= 11 is 2.12. The molecular formula is C7H10FIN2Si. The lowest BCUT2D eigenvalue weighted by atomic mass is 10.2. The van der Waals surface area contributed by atoms with Gasteiger partial charge in [-0.2, -0.15) is 5.10 Å². The van der Waals surface area contributed by atoms with E-state index < -0.39 is 6.67 Å². The van der Waals surface area contributed by atoms with Crippen LogP contribution in [-0.2, 0) is 6.67 Å². The highest BCUT2D eigenvalue weighted by atomic mass is 127. The van der Waals surface area contributed by atoms with Gasteiger partial charge in [-0.1, -0.05) is 6.55 Å². The van der Waals surface area contributed by atoms with Crippen LogP contribution in [0.5, 0.6) is 0 Å². The summed E-state index contributed by atoms with van der Waals surface area (Å²) in [5, 5.41) is 8.98. The number of hydrogen-bond acceptors (Lipinski definition) is 2. The summed E-state index contributed by atoms with van der Waals surface area (Å²) in [6, 6.07) is 0. The third-order valence-electron chi connectivity index (χ3n) is 1.83. The molecule has 0 fully saturated rings. The van der Waals surface area contributed by atoms with Crippen LogP contribution in [0.15, 0.2) is 0 Å². The average molecular weight is 296 g/mol. The van der Waals surface area contributed by atoms with Crippen LogP contribution in [0.1, 0.15) is 11.3 Å². The molecule has 5 heteroatoms. The van der Waals surface area contributed by atoms with Gasteiger partial charge >= 0.3 is 0 Å². The molecule has 0 N–H and O–H groups in total. The van der Waals surface area contributed by atoms with Crippen LogP contribution < -0.4 is 5.19 Å². The van der Waals surface area contributed by atoms with Crippen LogP contribution in [0.4, 0.5) is 4.39 Å². The monoisotopic (exact) mass is 296 g/mol. The average Bonchev–Trinajstić information content (AvgIpc) is 2.08. The second-order valence-electron chi connectivity index (χ2n) is 2.52. The van der Waals surface area contributed by atoms with Crippen molar-refractivity contribution in [2.45, 2.75) is 20.1 Å². The SMILES string of the molecule is C[SiH2]c1c(I)nnc(C)c1CF. The van der Waals surface area contributed by atoms with Crippen molar-refractivity contribution in [3.05, 3.63) is 15.0 Å². The molecular weight excluding hydrogens is 286 g/mol. The van der Waals surface area contributed by atoms with Gasteiger partial charge in [0.1, 0.15) is 10.4 Å². The maximum absolute atomic E-state index is 12.6. The summed E-state index contributed by atoms with van der Waals surface area (Å²) in [6.07, 6.45) is 0. The lowest BCUT2D eigenvalue weighted by Crippen LogP contribution is -2.24. The Hall–Kier alpha value is -0.0431. The van der Waals surface area contributed by atoms with Crippen molar-refractivity contribution in [3.63, 3.8) is 0 Å². The Morgan fingerprint density at radius 2 is 2.17 bits per heavy atom. The van der Waals surface area contributed by atoms with Gasteiger partial charge in [0.15, 0.2) is 0 Å². The van der Waals surface area contributed by atoms with Crippen molar-refractivity contribution >= 4 is 37.3 Å². The molecule has 1 aromatic rings. The number of hydrogen-bond donors (Lipinski definition) is 0. The Balaban J connectivity index is 3.28. The molecule has 0 unspecified atom stereocenters. The van der Waals surface area contributed by atoms with Gasteiger partial charge in [0.05, 0.1) is 15.2 Å². The largest absolute Gasteiger partial charge is 0.246 e. The maximum atomic E-state index is 12.6. The molecule has 2 nitrogen and oxygen atoms in total. The minimum atomic E-state index is -0.409. The quantitative estimate of drug-likeness (QED) is 0.593. The molecule has 1 rings (SSSR count). The Kier molecular flexibility index (Phi) is 3.57. The first-order valence-electron chi connectivity index (χ1n) is 3.77. The van der Waals surface area contributed by atoms with Crippen LogP contribution in [0.2, 0.25) is 6.55 Å². The van der Waals surface area contributed by atoms with Crippen molar-refractivity contribution in [2.24, 2.45) is 0 Å². The van der Waals surface area contributed by atoms with E-state index in [2.05, 4.69) is 39.3 Å². The lowest BCUT2D eigenvalue weighted by Gasteiger charge is -2.07. The summed E-state index contributed by atoms with van der Waals surface area (Å²) in [5.41, 5.74) is 1.51. The number of nitrogens with zero attached hydrogens (tertiary/aromatic N) is 2. The number of aryl methyl sites for hydroxylation is 1. The van der Waals surface area contributed by atoms with Gasteiger partial charge in [0.2, 0.25) is 0 Å². The summed E-state index contributed by atoms with van der Waals surface area (Å²) in [4.78, 5) is 0. The van der Waals surface area contributed by atoms with Crippen molar-refractivity contribution in [1.82, 2.24) is 10.2 Å². The van der Waals surface area contributed by atoms with Crippen molar-refractivity contribution < 1.29 is 4.39 Å². The first-order chi connectivity index (χ1) is 5.70. The number of rotatable bonds is 2.